The molecule has 0 aliphatic heterocycles. The van der Waals surface area contributed by atoms with E-state index in [1.54, 1.807) is 0 Å². The Balaban J connectivity index is 3.36. The average Bonchev–Trinajstić information content (AvgIpc) is 2.30. The third-order valence-electron chi connectivity index (χ3n) is 2.46. The van der Waals surface area contributed by atoms with Gasteiger partial charge in [0.15, 0.2) is 0 Å². The largest absolute Gasteiger partial charge is 0.478 e. The Hall–Kier alpha value is -1.22. The Labute approximate surface area is 120 Å². The van der Waals surface area contributed by atoms with E-state index in [4.69, 9.17) is 16.7 Å². The fourth-order valence-electron chi connectivity index (χ4n) is 1.52. The van der Waals surface area contributed by atoms with Crippen LogP contribution in [0, 0.1) is 5.82 Å². The maximum Gasteiger partial charge on any atom is 0.337 e. The van der Waals surface area contributed by atoms with E-state index in [-0.39, 0.29) is 6.54 Å². The summed E-state index contributed by atoms with van der Waals surface area (Å²) in [6.45, 7) is 1.17. The number of halogens is 2. The number of nitrogens with zero attached hydrogens (tertiary/aromatic N) is 1. The normalized spacial score (nSPS) is 13.5. The first-order chi connectivity index (χ1) is 9.07. The van der Waals surface area contributed by atoms with E-state index in [0.29, 0.717) is 6.07 Å². The zero-order valence-electron chi connectivity index (χ0n) is 10.7. The number of carboxylic acid groups (broad SMARTS) is 1. The lowest BCUT2D eigenvalue weighted by molar-refractivity contribution is 0.0696. The van der Waals surface area contributed by atoms with Gasteiger partial charge in [-0.15, -0.1) is 0 Å². The molecule has 0 aromatic heterocycles. The molecule has 1 aromatic rings. The molecule has 0 aliphatic rings. The molecule has 1 atom stereocenters. The summed E-state index contributed by atoms with van der Waals surface area (Å²) in [6, 6.07) is 1.42. The quantitative estimate of drug-likeness (QED) is 0.847. The molecule has 9 heteroatoms. The van der Waals surface area contributed by atoms with Crippen molar-refractivity contribution >= 4 is 27.6 Å². The highest BCUT2D eigenvalue weighted by Crippen LogP contribution is 2.26. The molecule has 112 valence electrons. The fourth-order valence-corrected chi connectivity index (χ4v) is 3.00. The predicted molar refractivity (Wildman–Crippen MR) is 69.9 cm³/mol. The zero-order valence-corrected chi connectivity index (χ0v) is 12.2. The van der Waals surface area contributed by atoms with Crippen molar-refractivity contribution in [3.63, 3.8) is 0 Å². The van der Waals surface area contributed by atoms with Gasteiger partial charge in [-0.25, -0.2) is 17.6 Å². The van der Waals surface area contributed by atoms with Crippen LogP contribution in [0.5, 0.6) is 0 Å². The molecule has 0 bridgehead atoms. The second kappa shape index (κ2) is 6.04. The molecule has 1 aromatic carbocycles. The lowest BCUT2D eigenvalue weighted by atomic mass is 10.2. The number of carbonyl (C=O) groups is 1. The van der Waals surface area contributed by atoms with Crippen molar-refractivity contribution in [3.8, 4) is 0 Å². The molecule has 0 spiro atoms. The highest BCUT2D eigenvalue weighted by molar-refractivity contribution is 7.89. The summed E-state index contributed by atoms with van der Waals surface area (Å²) in [5, 5.41) is 17.4. The number of benzene rings is 1. The van der Waals surface area contributed by atoms with Crippen molar-refractivity contribution in [1.29, 1.82) is 0 Å². The Kier molecular flexibility index (Phi) is 5.09. The second-order valence-corrected chi connectivity index (χ2v) is 6.63. The van der Waals surface area contributed by atoms with Crippen molar-refractivity contribution in [2.45, 2.75) is 17.9 Å². The highest BCUT2D eigenvalue weighted by atomic mass is 35.5. The van der Waals surface area contributed by atoms with Gasteiger partial charge >= 0.3 is 5.97 Å². The van der Waals surface area contributed by atoms with Crippen molar-refractivity contribution in [2.24, 2.45) is 0 Å². The molecule has 2 N–H and O–H groups in total. The maximum absolute atomic E-state index is 13.5. The number of aliphatic hydroxyl groups excluding tert-OH is 1. The topological polar surface area (TPSA) is 94.9 Å². The van der Waals surface area contributed by atoms with Crippen molar-refractivity contribution in [1.82, 2.24) is 4.31 Å². The lowest BCUT2D eigenvalue weighted by Gasteiger charge is -2.19. The Morgan fingerprint density at radius 3 is 2.50 bits per heavy atom. The lowest BCUT2D eigenvalue weighted by Crippen LogP contribution is -2.33. The first-order valence-corrected chi connectivity index (χ1v) is 7.26. The number of rotatable bonds is 5. The molecule has 0 heterocycles. The minimum Gasteiger partial charge on any atom is -0.478 e. The van der Waals surface area contributed by atoms with E-state index in [0.717, 1.165) is 10.4 Å². The third-order valence-corrected chi connectivity index (χ3v) is 4.65. The van der Waals surface area contributed by atoms with Crippen LogP contribution >= 0.6 is 11.6 Å². The van der Waals surface area contributed by atoms with Crippen LogP contribution in [-0.2, 0) is 10.0 Å². The van der Waals surface area contributed by atoms with E-state index in [2.05, 4.69) is 0 Å². The van der Waals surface area contributed by atoms with E-state index >= 15 is 0 Å². The van der Waals surface area contributed by atoms with Gasteiger partial charge in [0.1, 0.15) is 5.82 Å². The smallest absolute Gasteiger partial charge is 0.337 e. The Morgan fingerprint density at radius 2 is 2.05 bits per heavy atom. The summed E-state index contributed by atoms with van der Waals surface area (Å²) in [5.41, 5.74) is -0.643. The van der Waals surface area contributed by atoms with Gasteiger partial charge in [0.05, 0.1) is 21.6 Å². The molecule has 1 rings (SSSR count). The van der Waals surface area contributed by atoms with E-state index in [9.17, 15) is 22.7 Å². The number of likely N-dealkylation sites (N-methyl/N-ethyl adjacent to an activating group) is 1. The molecule has 1 unspecified atom stereocenters. The van der Waals surface area contributed by atoms with Gasteiger partial charge in [-0.3, -0.25) is 0 Å². The summed E-state index contributed by atoms with van der Waals surface area (Å²) in [7, 11) is -2.93. The maximum atomic E-state index is 13.5. The summed E-state index contributed by atoms with van der Waals surface area (Å²) in [5.74, 6) is -2.68. The first-order valence-electron chi connectivity index (χ1n) is 5.44. The van der Waals surface area contributed by atoms with Crippen molar-refractivity contribution in [3.05, 3.63) is 28.5 Å². The van der Waals surface area contributed by atoms with Crippen LogP contribution in [0.25, 0.3) is 0 Å². The summed E-state index contributed by atoms with van der Waals surface area (Å²) in [6.07, 6.45) is -0.925. The highest BCUT2D eigenvalue weighted by Gasteiger charge is 2.26. The molecule has 0 aliphatic carbocycles. The molecule has 6 nitrogen and oxygen atoms in total. The van der Waals surface area contributed by atoms with Crippen molar-refractivity contribution < 1.29 is 27.8 Å². The Morgan fingerprint density at radius 1 is 1.50 bits per heavy atom. The molecular weight excluding hydrogens is 313 g/mol. The van der Waals surface area contributed by atoms with Gasteiger partial charge in [0.2, 0.25) is 10.0 Å². The van der Waals surface area contributed by atoms with Gasteiger partial charge in [0, 0.05) is 13.6 Å². The summed E-state index contributed by atoms with van der Waals surface area (Å²) in [4.78, 5) is 10.4. The van der Waals surface area contributed by atoms with Gasteiger partial charge in [0.25, 0.3) is 0 Å². The van der Waals surface area contributed by atoms with Crippen LogP contribution in [-0.4, -0.2) is 48.6 Å². The van der Waals surface area contributed by atoms with Crippen LogP contribution in [0.1, 0.15) is 17.3 Å². The molecule has 0 radical (unpaired) electrons. The molecule has 0 saturated carbocycles. The van der Waals surface area contributed by atoms with E-state index in [1.165, 1.54) is 14.0 Å². The van der Waals surface area contributed by atoms with Gasteiger partial charge in [-0.2, -0.15) is 4.31 Å². The van der Waals surface area contributed by atoms with Crippen LogP contribution in [0.3, 0.4) is 0 Å². The van der Waals surface area contributed by atoms with E-state index < -0.39 is 43.4 Å². The predicted octanol–water partition coefficient (Wildman–Crippen LogP) is 1.18. The molecular formula is C11H13ClFNO5S. The van der Waals surface area contributed by atoms with Gasteiger partial charge < -0.3 is 10.2 Å². The third kappa shape index (κ3) is 3.45. The number of carboxylic acids is 1. The summed E-state index contributed by atoms with van der Waals surface area (Å²) < 4.78 is 38.6. The zero-order chi connectivity index (χ0) is 15.7. The van der Waals surface area contributed by atoms with E-state index in [1.807, 2.05) is 0 Å². The Bertz CT molecular complexity index is 632. The monoisotopic (exact) mass is 325 g/mol. The second-order valence-electron chi connectivity index (χ2n) is 4.21. The first kappa shape index (κ1) is 16.8. The van der Waals surface area contributed by atoms with Crippen molar-refractivity contribution in [2.75, 3.05) is 13.6 Å². The number of hydrogen-bond donors (Lipinski definition) is 2. The number of aliphatic hydroxyl groups is 1. The molecule has 20 heavy (non-hydrogen) atoms. The number of sulfonamides is 1. The SMILES string of the molecule is CC(O)CN(C)S(=O)(=O)c1cc(F)c(Cl)c(C(=O)O)c1. The summed E-state index contributed by atoms with van der Waals surface area (Å²) >= 11 is 5.47. The van der Waals surface area contributed by atoms with Gasteiger partial charge in [-0.05, 0) is 19.1 Å². The number of hydrogen-bond acceptors (Lipinski definition) is 4. The minimum absolute atomic E-state index is 0.213. The van der Waals surface area contributed by atoms with Gasteiger partial charge in [-0.1, -0.05) is 11.6 Å². The standard InChI is InChI=1S/C11H13ClFNO5S/c1-6(15)5-14(2)20(18,19)7-3-8(11(16)17)10(12)9(13)4-7/h3-4,6,15H,5H2,1-2H3,(H,16,17). The molecule has 0 amide bonds. The fraction of sp³-hybridized carbons (Fsp3) is 0.364. The molecule has 0 saturated heterocycles. The molecule has 0 fully saturated rings. The van der Waals surface area contributed by atoms with Crippen LogP contribution < -0.4 is 0 Å². The minimum atomic E-state index is -4.12. The van der Waals surface area contributed by atoms with Crippen LogP contribution in [0.2, 0.25) is 5.02 Å². The average molecular weight is 326 g/mol. The van der Waals surface area contributed by atoms with Crippen LogP contribution in [0.15, 0.2) is 17.0 Å². The van der Waals surface area contributed by atoms with Crippen LogP contribution in [0.4, 0.5) is 4.39 Å². The number of aromatic carboxylic acids is 1.